The molecule has 2 heterocycles. The smallest absolute Gasteiger partial charge is 0.294 e. The molecule has 10 heteroatoms. The predicted molar refractivity (Wildman–Crippen MR) is 155 cm³/mol. The first kappa shape index (κ1) is 27.2. The Hall–Kier alpha value is -3.99. The molecule has 41 heavy (non-hydrogen) atoms. The first-order chi connectivity index (χ1) is 19.7. The third kappa shape index (κ3) is 5.63. The number of sulfonamides is 1. The average molecular weight is 592 g/mol. The van der Waals surface area contributed by atoms with E-state index in [1.165, 1.54) is 21.7 Å². The van der Waals surface area contributed by atoms with Crippen LogP contribution in [0.2, 0.25) is 0 Å². The molecule has 0 saturated heterocycles. The Kier molecular flexibility index (Phi) is 7.14. The third-order valence-corrected chi connectivity index (χ3v) is 9.68. The number of nitrogens with zero attached hydrogens (tertiary/aromatic N) is 3. The average Bonchev–Trinajstić information content (AvgIpc) is 3.57. The fraction of sp³-hybridized carbons (Fsp3) is 0.129. The number of fused-ring (bicyclic) bond motifs is 2. The van der Waals surface area contributed by atoms with Gasteiger partial charge in [-0.05, 0) is 40.6 Å². The molecule has 0 amide bonds. The van der Waals surface area contributed by atoms with Crippen LogP contribution in [0.3, 0.4) is 0 Å². The van der Waals surface area contributed by atoms with Crippen LogP contribution in [0, 0.1) is 0 Å². The van der Waals surface area contributed by atoms with Gasteiger partial charge in [-0.15, -0.1) is 11.3 Å². The summed E-state index contributed by atoms with van der Waals surface area (Å²) in [5.74, 6) is 0. The van der Waals surface area contributed by atoms with E-state index in [2.05, 4.69) is 24.3 Å². The minimum atomic E-state index is -4.65. The van der Waals surface area contributed by atoms with Gasteiger partial charge in [-0.1, -0.05) is 72.8 Å². The minimum absolute atomic E-state index is 0.0268. The SMILES string of the molecule is O=S(=O)(c1cccc(C(F)(F)F)c1)N(CCc1csc2nc(-c3ccc4ccccc4c3)cn12)Cc1ccccc1. The molecule has 0 unspecified atom stereocenters. The number of rotatable bonds is 8. The summed E-state index contributed by atoms with van der Waals surface area (Å²) in [7, 11) is -4.24. The van der Waals surface area contributed by atoms with Gasteiger partial charge in [0, 0.05) is 42.3 Å². The third-order valence-electron chi connectivity index (χ3n) is 6.95. The molecular weight excluding hydrogens is 567 g/mol. The molecule has 0 radical (unpaired) electrons. The Morgan fingerprint density at radius 3 is 2.39 bits per heavy atom. The number of imidazole rings is 1. The van der Waals surface area contributed by atoms with Gasteiger partial charge < -0.3 is 0 Å². The number of thiazole rings is 1. The number of aromatic nitrogens is 2. The maximum Gasteiger partial charge on any atom is 0.416 e. The maximum absolute atomic E-state index is 13.7. The van der Waals surface area contributed by atoms with Crippen molar-refractivity contribution in [3.05, 3.63) is 125 Å². The van der Waals surface area contributed by atoms with Crippen LogP contribution in [0.25, 0.3) is 27.0 Å². The highest BCUT2D eigenvalue weighted by molar-refractivity contribution is 7.89. The lowest BCUT2D eigenvalue weighted by Gasteiger charge is -2.23. The van der Waals surface area contributed by atoms with Crippen molar-refractivity contribution in [1.29, 1.82) is 0 Å². The lowest BCUT2D eigenvalue weighted by molar-refractivity contribution is -0.137. The quantitative estimate of drug-likeness (QED) is 0.183. The molecular formula is C31H24F3N3O2S2. The molecule has 6 aromatic rings. The molecule has 0 spiro atoms. The van der Waals surface area contributed by atoms with Crippen molar-refractivity contribution in [2.75, 3.05) is 6.54 Å². The highest BCUT2D eigenvalue weighted by Crippen LogP contribution is 2.32. The normalized spacial score (nSPS) is 12.5. The van der Waals surface area contributed by atoms with Crippen LogP contribution >= 0.6 is 11.3 Å². The van der Waals surface area contributed by atoms with Crippen LogP contribution in [0.1, 0.15) is 16.8 Å². The molecule has 4 aromatic carbocycles. The summed E-state index contributed by atoms with van der Waals surface area (Å²) in [6, 6.07) is 27.2. The van der Waals surface area contributed by atoms with Gasteiger partial charge in [0.2, 0.25) is 10.0 Å². The molecule has 0 saturated carbocycles. The Balaban J connectivity index is 1.30. The molecule has 0 atom stereocenters. The Labute approximate surface area is 239 Å². The minimum Gasteiger partial charge on any atom is -0.294 e. The number of halogens is 3. The predicted octanol–water partition coefficient (Wildman–Crippen LogP) is 7.67. The Morgan fingerprint density at radius 2 is 1.61 bits per heavy atom. The van der Waals surface area contributed by atoms with Crippen molar-refractivity contribution in [2.45, 2.75) is 24.0 Å². The molecule has 0 fully saturated rings. The first-order valence-corrected chi connectivity index (χ1v) is 15.2. The second kappa shape index (κ2) is 10.8. The van der Waals surface area contributed by atoms with Gasteiger partial charge in [0.1, 0.15) is 0 Å². The molecule has 0 bridgehead atoms. The summed E-state index contributed by atoms with van der Waals surface area (Å²) in [5, 5.41) is 4.18. The second-order valence-corrected chi connectivity index (χ2v) is 12.4. The zero-order valence-corrected chi connectivity index (χ0v) is 23.3. The topological polar surface area (TPSA) is 54.7 Å². The van der Waals surface area contributed by atoms with Crippen LogP contribution in [0.15, 0.2) is 114 Å². The maximum atomic E-state index is 13.7. The van der Waals surface area contributed by atoms with E-state index in [0.29, 0.717) is 12.5 Å². The van der Waals surface area contributed by atoms with E-state index in [0.717, 1.165) is 50.4 Å². The van der Waals surface area contributed by atoms with Crippen molar-refractivity contribution < 1.29 is 21.6 Å². The van der Waals surface area contributed by atoms with Crippen molar-refractivity contribution in [3.8, 4) is 11.3 Å². The summed E-state index contributed by atoms with van der Waals surface area (Å²) >= 11 is 1.46. The van der Waals surface area contributed by atoms with E-state index in [1.54, 1.807) is 24.3 Å². The van der Waals surface area contributed by atoms with E-state index < -0.39 is 21.8 Å². The largest absolute Gasteiger partial charge is 0.416 e. The van der Waals surface area contributed by atoms with Crippen LogP contribution in [0.4, 0.5) is 13.2 Å². The van der Waals surface area contributed by atoms with Crippen LogP contribution in [0.5, 0.6) is 0 Å². The molecule has 0 aliphatic heterocycles. The van der Waals surface area contributed by atoms with Gasteiger partial charge in [0.15, 0.2) is 4.96 Å². The molecule has 5 nitrogen and oxygen atoms in total. The highest BCUT2D eigenvalue weighted by Gasteiger charge is 2.33. The molecule has 0 aliphatic rings. The Morgan fingerprint density at radius 1 is 0.854 bits per heavy atom. The molecule has 0 aliphatic carbocycles. The van der Waals surface area contributed by atoms with Crippen LogP contribution < -0.4 is 0 Å². The lowest BCUT2D eigenvalue weighted by atomic mass is 10.1. The van der Waals surface area contributed by atoms with Crippen LogP contribution in [-0.4, -0.2) is 28.7 Å². The van der Waals surface area contributed by atoms with Gasteiger partial charge in [-0.3, -0.25) is 4.40 Å². The van der Waals surface area contributed by atoms with Crippen molar-refractivity contribution in [2.24, 2.45) is 0 Å². The van der Waals surface area contributed by atoms with Gasteiger partial charge in [-0.25, -0.2) is 13.4 Å². The van der Waals surface area contributed by atoms with Gasteiger partial charge >= 0.3 is 6.18 Å². The molecule has 2 aromatic heterocycles. The van der Waals surface area contributed by atoms with Crippen molar-refractivity contribution >= 4 is 37.1 Å². The zero-order valence-electron chi connectivity index (χ0n) is 21.6. The first-order valence-electron chi connectivity index (χ1n) is 12.8. The summed E-state index contributed by atoms with van der Waals surface area (Å²) in [6.07, 6.45) is -2.37. The summed E-state index contributed by atoms with van der Waals surface area (Å²) < 4.78 is 70.7. The van der Waals surface area contributed by atoms with E-state index in [9.17, 15) is 21.6 Å². The van der Waals surface area contributed by atoms with Gasteiger partial charge in [0.05, 0.1) is 16.2 Å². The number of benzene rings is 4. The van der Waals surface area contributed by atoms with Crippen LogP contribution in [-0.2, 0) is 29.2 Å². The van der Waals surface area contributed by atoms with Gasteiger partial charge in [0.25, 0.3) is 0 Å². The number of hydrogen-bond acceptors (Lipinski definition) is 4. The number of alkyl halides is 3. The standard InChI is InChI=1S/C31H24F3N3O2S2/c32-31(33,34)26-11-6-12-28(18-26)41(38,39)36(19-22-7-2-1-3-8-22)16-15-27-21-40-30-35-29(20-37(27)30)25-14-13-23-9-4-5-10-24(23)17-25/h1-14,17-18,20-21H,15-16,19H2. The fourth-order valence-corrected chi connectivity index (χ4v) is 7.17. The summed E-state index contributed by atoms with van der Waals surface area (Å²) in [5.41, 5.74) is 2.38. The van der Waals surface area contributed by atoms with Gasteiger partial charge in [-0.2, -0.15) is 17.5 Å². The molecule has 6 rings (SSSR count). The van der Waals surface area contributed by atoms with E-state index in [-0.39, 0.29) is 18.0 Å². The monoisotopic (exact) mass is 591 g/mol. The zero-order chi connectivity index (χ0) is 28.6. The molecule has 0 N–H and O–H groups in total. The lowest BCUT2D eigenvalue weighted by Crippen LogP contribution is -2.33. The fourth-order valence-electron chi connectivity index (χ4n) is 4.79. The highest BCUT2D eigenvalue weighted by atomic mass is 32.2. The summed E-state index contributed by atoms with van der Waals surface area (Å²) in [6.45, 7) is 0.0990. The summed E-state index contributed by atoms with van der Waals surface area (Å²) in [4.78, 5) is 5.16. The second-order valence-electron chi connectivity index (χ2n) is 9.67. The van der Waals surface area contributed by atoms with Crippen molar-refractivity contribution in [1.82, 2.24) is 13.7 Å². The van der Waals surface area contributed by atoms with E-state index in [1.807, 2.05) is 40.2 Å². The number of hydrogen-bond donors (Lipinski definition) is 0. The van der Waals surface area contributed by atoms with Crippen molar-refractivity contribution in [3.63, 3.8) is 0 Å². The Bertz CT molecular complexity index is 1950. The van der Waals surface area contributed by atoms with E-state index in [4.69, 9.17) is 4.98 Å². The molecule has 208 valence electrons. The van der Waals surface area contributed by atoms with E-state index >= 15 is 0 Å².